The summed E-state index contributed by atoms with van der Waals surface area (Å²) in [6, 6.07) is 8.10. The second-order valence-corrected chi connectivity index (χ2v) is 7.92. The lowest BCUT2D eigenvalue weighted by Gasteiger charge is -2.21. The fraction of sp³-hybridized carbons (Fsp3) is 0.450. The van der Waals surface area contributed by atoms with E-state index in [0.717, 1.165) is 22.2 Å². The van der Waals surface area contributed by atoms with E-state index in [-0.39, 0.29) is 17.0 Å². The Labute approximate surface area is 148 Å². The standard InChI is InChI=1S/C20H26N4O/c1-13(2)17-16-11-21-24(20(4,5)6)18(16)19(25)23(22-17)12-15-10-8-7-9-14(15)3/h7-11,13H,12H2,1-6H3. The Morgan fingerprint density at radius 2 is 1.84 bits per heavy atom. The summed E-state index contributed by atoms with van der Waals surface area (Å²) >= 11 is 0. The molecule has 0 saturated heterocycles. The van der Waals surface area contributed by atoms with Crippen LogP contribution in [0.25, 0.3) is 10.9 Å². The minimum Gasteiger partial charge on any atom is -0.265 e. The maximum absolute atomic E-state index is 13.2. The third-order valence-electron chi connectivity index (χ3n) is 4.47. The molecule has 5 nitrogen and oxygen atoms in total. The average Bonchev–Trinajstić information content (AvgIpc) is 2.97. The van der Waals surface area contributed by atoms with Gasteiger partial charge in [0.15, 0.2) is 0 Å². The number of hydrogen-bond acceptors (Lipinski definition) is 3. The highest BCUT2D eigenvalue weighted by atomic mass is 16.1. The number of rotatable bonds is 3. The van der Waals surface area contributed by atoms with Gasteiger partial charge in [-0.3, -0.25) is 9.48 Å². The largest absolute Gasteiger partial charge is 0.293 e. The molecule has 2 aromatic heterocycles. The maximum atomic E-state index is 13.2. The predicted octanol–water partition coefficient (Wildman–Crippen LogP) is 3.83. The second-order valence-electron chi connectivity index (χ2n) is 7.92. The van der Waals surface area contributed by atoms with E-state index in [4.69, 9.17) is 0 Å². The van der Waals surface area contributed by atoms with Gasteiger partial charge in [-0.15, -0.1) is 0 Å². The molecule has 0 radical (unpaired) electrons. The first kappa shape index (κ1) is 17.4. The monoisotopic (exact) mass is 338 g/mol. The van der Waals surface area contributed by atoms with Crippen molar-refractivity contribution in [3.05, 3.63) is 57.6 Å². The first-order chi connectivity index (χ1) is 11.7. The van der Waals surface area contributed by atoms with Crippen LogP contribution in [0.3, 0.4) is 0 Å². The lowest BCUT2D eigenvalue weighted by atomic mass is 10.1. The molecule has 0 fully saturated rings. The van der Waals surface area contributed by atoms with Crippen molar-refractivity contribution in [2.75, 3.05) is 0 Å². The predicted molar refractivity (Wildman–Crippen MR) is 101 cm³/mol. The van der Waals surface area contributed by atoms with Gasteiger partial charge in [-0.25, -0.2) is 4.68 Å². The fourth-order valence-electron chi connectivity index (χ4n) is 3.08. The first-order valence-electron chi connectivity index (χ1n) is 8.74. The molecule has 0 unspecified atom stereocenters. The molecule has 0 spiro atoms. The summed E-state index contributed by atoms with van der Waals surface area (Å²) < 4.78 is 3.41. The summed E-state index contributed by atoms with van der Waals surface area (Å²) in [5.41, 5.74) is 3.46. The normalized spacial score (nSPS) is 12.3. The molecule has 25 heavy (non-hydrogen) atoms. The van der Waals surface area contributed by atoms with E-state index in [1.54, 1.807) is 10.9 Å². The second kappa shape index (κ2) is 6.14. The summed E-state index contributed by atoms with van der Waals surface area (Å²) in [4.78, 5) is 13.2. The van der Waals surface area contributed by atoms with E-state index in [9.17, 15) is 4.79 Å². The van der Waals surface area contributed by atoms with Gasteiger partial charge in [0.1, 0.15) is 5.52 Å². The van der Waals surface area contributed by atoms with Crippen molar-refractivity contribution in [2.45, 2.75) is 59.5 Å². The highest BCUT2D eigenvalue weighted by Crippen LogP contribution is 2.25. The molecule has 0 aliphatic rings. The molecule has 0 atom stereocenters. The van der Waals surface area contributed by atoms with Gasteiger partial charge in [0.05, 0.1) is 24.0 Å². The molecule has 3 rings (SSSR count). The van der Waals surface area contributed by atoms with E-state index < -0.39 is 0 Å². The third kappa shape index (κ3) is 3.11. The van der Waals surface area contributed by atoms with Gasteiger partial charge in [-0.2, -0.15) is 10.2 Å². The van der Waals surface area contributed by atoms with Gasteiger partial charge >= 0.3 is 0 Å². The van der Waals surface area contributed by atoms with E-state index in [0.29, 0.717) is 12.1 Å². The summed E-state index contributed by atoms with van der Waals surface area (Å²) in [6.45, 7) is 12.9. The number of fused-ring (bicyclic) bond motifs is 1. The average molecular weight is 338 g/mol. The topological polar surface area (TPSA) is 52.7 Å². The van der Waals surface area contributed by atoms with Crippen molar-refractivity contribution in [1.29, 1.82) is 0 Å². The molecule has 1 aromatic carbocycles. The summed E-state index contributed by atoms with van der Waals surface area (Å²) in [7, 11) is 0. The quantitative estimate of drug-likeness (QED) is 0.729. The van der Waals surface area contributed by atoms with Gasteiger partial charge in [0.2, 0.25) is 0 Å². The summed E-state index contributed by atoms with van der Waals surface area (Å²) in [5, 5.41) is 10.0. The van der Waals surface area contributed by atoms with Crippen molar-refractivity contribution in [3.63, 3.8) is 0 Å². The van der Waals surface area contributed by atoms with Gasteiger partial charge < -0.3 is 0 Å². The zero-order chi connectivity index (χ0) is 18.4. The number of aryl methyl sites for hydroxylation is 1. The van der Waals surface area contributed by atoms with Crippen LogP contribution in [0.2, 0.25) is 0 Å². The molecule has 132 valence electrons. The van der Waals surface area contributed by atoms with Crippen LogP contribution in [0.15, 0.2) is 35.3 Å². The lowest BCUT2D eigenvalue weighted by Crippen LogP contribution is -2.31. The minimum atomic E-state index is -0.267. The van der Waals surface area contributed by atoms with Crippen LogP contribution in [0.1, 0.15) is 57.4 Å². The van der Waals surface area contributed by atoms with Crippen LogP contribution < -0.4 is 5.56 Å². The molecule has 0 N–H and O–H groups in total. The molecule has 0 amide bonds. The number of benzene rings is 1. The van der Waals surface area contributed by atoms with Crippen molar-refractivity contribution < 1.29 is 0 Å². The molecular weight excluding hydrogens is 312 g/mol. The van der Waals surface area contributed by atoms with Gasteiger partial charge in [0.25, 0.3) is 5.56 Å². The maximum Gasteiger partial charge on any atom is 0.293 e. The van der Waals surface area contributed by atoms with Crippen LogP contribution in [0.5, 0.6) is 0 Å². The molecule has 0 saturated carbocycles. The summed E-state index contributed by atoms with van der Waals surface area (Å²) in [6.07, 6.45) is 1.78. The molecule has 0 bridgehead atoms. The zero-order valence-electron chi connectivity index (χ0n) is 15.9. The zero-order valence-corrected chi connectivity index (χ0v) is 15.9. The van der Waals surface area contributed by atoms with E-state index in [2.05, 4.69) is 57.8 Å². The Morgan fingerprint density at radius 1 is 1.16 bits per heavy atom. The molecular formula is C20H26N4O. The smallest absolute Gasteiger partial charge is 0.265 e. The highest BCUT2D eigenvalue weighted by Gasteiger charge is 2.23. The third-order valence-corrected chi connectivity index (χ3v) is 4.47. The van der Waals surface area contributed by atoms with Gasteiger partial charge in [-0.05, 0) is 44.7 Å². The van der Waals surface area contributed by atoms with Crippen LogP contribution in [0.4, 0.5) is 0 Å². The van der Waals surface area contributed by atoms with E-state index in [1.807, 2.05) is 22.9 Å². The molecule has 0 aliphatic heterocycles. The van der Waals surface area contributed by atoms with Crippen molar-refractivity contribution >= 4 is 10.9 Å². The number of hydrogen-bond donors (Lipinski definition) is 0. The van der Waals surface area contributed by atoms with Crippen LogP contribution in [0, 0.1) is 6.92 Å². The molecule has 5 heteroatoms. The van der Waals surface area contributed by atoms with Crippen LogP contribution in [-0.4, -0.2) is 19.6 Å². The Bertz CT molecular complexity index is 974. The van der Waals surface area contributed by atoms with E-state index >= 15 is 0 Å². The van der Waals surface area contributed by atoms with Crippen LogP contribution >= 0.6 is 0 Å². The Morgan fingerprint density at radius 3 is 2.44 bits per heavy atom. The van der Waals surface area contributed by atoms with E-state index in [1.165, 1.54) is 0 Å². The Hall–Kier alpha value is -2.43. The Balaban J connectivity index is 2.28. The Kier molecular flexibility index (Phi) is 4.27. The summed E-state index contributed by atoms with van der Waals surface area (Å²) in [5.74, 6) is 0.212. The minimum absolute atomic E-state index is 0.0879. The lowest BCUT2D eigenvalue weighted by molar-refractivity contribution is 0.366. The van der Waals surface area contributed by atoms with Gasteiger partial charge in [-0.1, -0.05) is 38.1 Å². The first-order valence-corrected chi connectivity index (χ1v) is 8.74. The number of aromatic nitrogens is 4. The molecule has 3 aromatic rings. The molecule has 0 aliphatic carbocycles. The molecule has 2 heterocycles. The SMILES string of the molecule is Cc1ccccc1Cn1nc(C(C)C)c2cnn(C(C)(C)C)c2c1=O. The highest BCUT2D eigenvalue weighted by molar-refractivity contribution is 5.80. The fourth-order valence-corrected chi connectivity index (χ4v) is 3.08. The van der Waals surface area contributed by atoms with Crippen molar-refractivity contribution in [1.82, 2.24) is 19.6 Å². The number of nitrogens with zero attached hydrogens (tertiary/aromatic N) is 4. The van der Waals surface area contributed by atoms with Crippen molar-refractivity contribution in [3.8, 4) is 0 Å². The van der Waals surface area contributed by atoms with Gasteiger partial charge in [0, 0.05) is 5.39 Å². The van der Waals surface area contributed by atoms with Crippen molar-refractivity contribution in [2.24, 2.45) is 0 Å². The van der Waals surface area contributed by atoms with Crippen LogP contribution in [-0.2, 0) is 12.1 Å².